The van der Waals surface area contributed by atoms with E-state index in [1.54, 1.807) is 34.1 Å². The number of aryl methyl sites for hydroxylation is 1. The second kappa shape index (κ2) is 13.5. The Balaban J connectivity index is 1.38. The maximum Gasteiger partial charge on any atom is 0.270 e. The molecule has 11 nitrogen and oxygen atoms in total. The van der Waals surface area contributed by atoms with Crippen LogP contribution in [0.3, 0.4) is 0 Å². The number of hydrogen-bond donors (Lipinski definition) is 2. The predicted molar refractivity (Wildman–Crippen MR) is 171 cm³/mol. The number of rotatable bonds is 11. The monoisotopic (exact) mass is 624 g/mol. The van der Waals surface area contributed by atoms with Crippen molar-refractivity contribution in [1.82, 2.24) is 20.1 Å². The Bertz CT molecular complexity index is 1340. The Kier molecular flexibility index (Phi) is 9.91. The van der Waals surface area contributed by atoms with E-state index in [9.17, 15) is 14.4 Å². The largest absolute Gasteiger partial charge is 0.381 e. The van der Waals surface area contributed by atoms with Crippen LogP contribution in [-0.2, 0) is 31.0 Å². The average Bonchev–Trinajstić information content (AvgIpc) is 3.56. The number of fused-ring (bicyclic) bond motifs is 2. The van der Waals surface area contributed by atoms with E-state index in [4.69, 9.17) is 9.47 Å². The van der Waals surface area contributed by atoms with Crippen LogP contribution in [-0.4, -0.2) is 73.2 Å². The van der Waals surface area contributed by atoms with Crippen LogP contribution in [0.15, 0.2) is 24.5 Å². The van der Waals surface area contributed by atoms with Gasteiger partial charge in [-0.1, -0.05) is 39.4 Å². The van der Waals surface area contributed by atoms with E-state index >= 15 is 0 Å². The summed E-state index contributed by atoms with van der Waals surface area (Å²) in [6.45, 7) is 13.4. The lowest BCUT2D eigenvalue weighted by atomic mass is 9.76. The van der Waals surface area contributed by atoms with Gasteiger partial charge < -0.3 is 20.1 Å². The molecule has 0 radical (unpaired) electrons. The zero-order valence-electron chi connectivity index (χ0n) is 26.9. The van der Waals surface area contributed by atoms with Gasteiger partial charge in [0, 0.05) is 58.5 Å². The van der Waals surface area contributed by atoms with E-state index in [2.05, 4.69) is 47.3 Å². The normalized spacial score (nSPS) is 22.1. The van der Waals surface area contributed by atoms with Crippen LogP contribution in [0, 0.1) is 11.8 Å². The van der Waals surface area contributed by atoms with E-state index in [0.29, 0.717) is 62.3 Å². The summed E-state index contributed by atoms with van der Waals surface area (Å²) >= 11 is 0. The maximum atomic E-state index is 13.9. The molecule has 1 unspecified atom stereocenters. The van der Waals surface area contributed by atoms with Crippen molar-refractivity contribution in [2.75, 3.05) is 36.8 Å². The zero-order chi connectivity index (χ0) is 31.5. The van der Waals surface area contributed by atoms with E-state index in [1.807, 2.05) is 6.92 Å². The summed E-state index contributed by atoms with van der Waals surface area (Å²) in [5.74, 6) is 0.322. The van der Waals surface area contributed by atoms with Gasteiger partial charge in [0.1, 0.15) is 24.3 Å². The number of nitrogens with one attached hydrogen (secondary N) is 2. The van der Waals surface area contributed by atoms with Gasteiger partial charge in [-0.15, -0.1) is 0 Å². The first kappa shape index (κ1) is 32.3. The number of nitrogens with zero attached hydrogens (tertiary/aromatic N) is 4. The van der Waals surface area contributed by atoms with Crippen LogP contribution in [0.5, 0.6) is 0 Å². The molecule has 12 heteroatoms. The van der Waals surface area contributed by atoms with Gasteiger partial charge in [-0.2, -0.15) is 5.10 Å². The fourth-order valence-corrected chi connectivity index (χ4v) is 7.42. The van der Waals surface area contributed by atoms with E-state index in [1.165, 1.54) is 0 Å². The van der Waals surface area contributed by atoms with E-state index in [0.717, 1.165) is 37.3 Å². The molecular formula is C32H48N6O5Si. The summed E-state index contributed by atoms with van der Waals surface area (Å²) in [6.07, 6.45) is 8.21. The quantitative estimate of drug-likeness (QED) is 0.277. The number of carbonyl (C=O) groups is 3. The van der Waals surface area contributed by atoms with E-state index in [-0.39, 0.29) is 30.4 Å². The van der Waals surface area contributed by atoms with Crippen LogP contribution in [0.2, 0.25) is 25.7 Å². The highest BCUT2D eigenvalue weighted by Crippen LogP contribution is 2.48. The molecule has 3 amide bonds. The van der Waals surface area contributed by atoms with Crippen LogP contribution in [0.25, 0.3) is 0 Å². The minimum Gasteiger partial charge on any atom is -0.381 e. The van der Waals surface area contributed by atoms with Crippen molar-refractivity contribution < 1.29 is 23.9 Å². The highest BCUT2D eigenvalue weighted by molar-refractivity contribution is 6.76. The molecule has 3 aliphatic rings. The molecule has 1 aliphatic carbocycles. The van der Waals surface area contributed by atoms with Crippen molar-refractivity contribution in [3.05, 3.63) is 35.8 Å². The molecule has 1 saturated carbocycles. The molecule has 5 rings (SSSR count). The lowest BCUT2D eigenvalue weighted by Gasteiger charge is -2.32. The minimum absolute atomic E-state index is 0.00285. The molecule has 1 saturated heterocycles. The average molecular weight is 625 g/mol. The van der Waals surface area contributed by atoms with Crippen molar-refractivity contribution in [3.8, 4) is 0 Å². The molecule has 1 spiro atoms. The third-order valence-electron chi connectivity index (χ3n) is 9.51. The second-order valence-corrected chi connectivity index (χ2v) is 19.5. The Labute approximate surface area is 261 Å². The molecule has 2 aromatic heterocycles. The van der Waals surface area contributed by atoms with Crippen LogP contribution < -0.4 is 15.5 Å². The molecule has 2 N–H and O–H groups in total. The molecule has 2 fully saturated rings. The summed E-state index contributed by atoms with van der Waals surface area (Å²) in [5, 5.41) is 10.2. The topological polar surface area (TPSA) is 128 Å². The van der Waals surface area contributed by atoms with Crippen LogP contribution >= 0.6 is 0 Å². The molecule has 4 heterocycles. The van der Waals surface area contributed by atoms with Gasteiger partial charge in [0.05, 0.1) is 11.1 Å². The van der Waals surface area contributed by atoms with Crippen molar-refractivity contribution in [3.63, 3.8) is 0 Å². The number of pyridine rings is 1. The lowest BCUT2D eigenvalue weighted by Crippen LogP contribution is -2.49. The summed E-state index contributed by atoms with van der Waals surface area (Å²) in [4.78, 5) is 47.5. The van der Waals surface area contributed by atoms with Crippen molar-refractivity contribution in [2.45, 2.75) is 96.1 Å². The highest BCUT2D eigenvalue weighted by Gasteiger charge is 2.52. The number of ether oxygens (including phenoxy) is 2. The van der Waals surface area contributed by atoms with Crippen LogP contribution in [0.1, 0.15) is 68.4 Å². The van der Waals surface area contributed by atoms with Crippen molar-refractivity contribution in [1.29, 1.82) is 0 Å². The third kappa shape index (κ3) is 6.92. The fraction of sp³-hybridized carbons (Fsp3) is 0.656. The molecule has 0 aromatic carbocycles. The van der Waals surface area contributed by atoms with Crippen molar-refractivity contribution >= 4 is 37.3 Å². The molecule has 1 atom stereocenters. The lowest BCUT2D eigenvalue weighted by molar-refractivity contribution is -0.127. The fourth-order valence-electron chi connectivity index (χ4n) is 6.67. The standard InChI is InChI=1S/C32H48N6O5Si/c1-6-38-25(11-14-34-38)29(39)36-28(23-9-7-22(2)8-10-23)30(40)35-27-19-26-24(20-33-27)32(12-15-42-16-13-32)31(41)37(26)21-43-17-18-44(3,4)5/h11,14,19-20,22-23,28H,6-10,12-13,15-18,21H2,1-5H3,(H,36,39)(H,33,35,40). The van der Waals surface area contributed by atoms with Gasteiger partial charge in [0.2, 0.25) is 11.8 Å². The highest BCUT2D eigenvalue weighted by atomic mass is 28.3. The van der Waals surface area contributed by atoms with Gasteiger partial charge >= 0.3 is 0 Å². The first-order valence-corrected chi connectivity index (χ1v) is 19.8. The van der Waals surface area contributed by atoms with Gasteiger partial charge in [-0.05, 0) is 56.6 Å². The van der Waals surface area contributed by atoms with Gasteiger partial charge in [0.15, 0.2) is 0 Å². The first-order chi connectivity index (χ1) is 21.0. The number of carbonyl (C=O) groups excluding carboxylic acids is 3. The third-order valence-corrected chi connectivity index (χ3v) is 11.2. The first-order valence-electron chi connectivity index (χ1n) is 16.1. The Morgan fingerprint density at radius 2 is 1.91 bits per heavy atom. The maximum absolute atomic E-state index is 13.9. The van der Waals surface area contributed by atoms with E-state index < -0.39 is 19.5 Å². The molecule has 240 valence electrons. The van der Waals surface area contributed by atoms with Gasteiger partial charge in [0.25, 0.3) is 5.91 Å². The Morgan fingerprint density at radius 1 is 1.18 bits per heavy atom. The number of amides is 3. The molecule has 2 aliphatic heterocycles. The Hall–Kier alpha value is -3.09. The number of hydrogen-bond acceptors (Lipinski definition) is 7. The molecule has 2 aromatic rings. The Morgan fingerprint density at radius 3 is 2.59 bits per heavy atom. The van der Waals surface area contributed by atoms with Gasteiger partial charge in [-0.3, -0.25) is 24.0 Å². The summed E-state index contributed by atoms with van der Waals surface area (Å²) < 4.78 is 13.3. The minimum atomic E-state index is -1.29. The van der Waals surface area contributed by atoms with Gasteiger partial charge in [-0.25, -0.2) is 4.98 Å². The zero-order valence-corrected chi connectivity index (χ0v) is 27.9. The molecular weight excluding hydrogens is 576 g/mol. The second-order valence-electron chi connectivity index (χ2n) is 13.9. The van der Waals surface area contributed by atoms with Crippen LogP contribution in [0.4, 0.5) is 11.5 Å². The summed E-state index contributed by atoms with van der Waals surface area (Å²) in [5.41, 5.74) is 1.31. The smallest absolute Gasteiger partial charge is 0.270 e. The number of aromatic nitrogens is 3. The summed E-state index contributed by atoms with van der Waals surface area (Å²) in [7, 11) is -1.29. The molecule has 0 bridgehead atoms. The number of anilines is 2. The molecule has 44 heavy (non-hydrogen) atoms. The predicted octanol–water partition coefficient (Wildman–Crippen LogP) is 4.57. The SMILES string of the molecule is CCn1nccc1C(=O)NC(C(=O)Nc1cc2c(cn1)C1(CCOCC1)C(=O)N2COCC[Si](C)(C)C)C1CCC(C)CC1. The van der Waals surface area contributed by atoms with Crippen molar-refractivity contribution in [2.24, 2.45) is 11.8 Å². The summed E-state index contributed by atoms with van der Waals surface area (Å²) in [6, 6.07) is 3.73.